The predicted octanol–water partition coefficient (Wildman–Crippen LogP) is -0.423. The molecule has 3 N–H and O–H groups in total. The lowest BCUT2D eigenvalue weighted by atomic mass is 9.86. The molecule has 2 unspecified atom stereocenters. The second-order valence-corrected chi connectivity index (χ2v) is 5.21. The van der Waals surface area contributed by atoms with Crippen LogP contribution in [0.4, 0.5) is 0 Å². The molecule has 0 radical (unpaired) electrons. The molecule has 18 heavy (non-hydrogen) atoms. The fourth-order valence-electron chi connectivity index (χ4n) is 1.93. The monoisotopic (exact) mass is 252 g/mol. The van der Waals surface area contributed by atoms with Gasteiger partial charge >= 0.3 is 0 Å². The summed E-state index contributed by atoms with van der Waals surface area (Å²) in [5.74, 6) is 0.147. The van der Waals surface area contributed by atoms with Crippen LogP contribution in [0.25, 0.3) is 0 Å². The third-order valence-electron chi connectivity index (χ3n) is 3.55. The molecule has 98 valence electrons. The third-order valence-corrected chi connectivity index (χ3v) is 3.55. The van der Waals surface area contributed by atoms with Crippen LogP contribution in [-0.2, 0) is 10.2 Å². The molecule has 0 bridgehead atoms. The number of aromatic nitrogens is 2. The number of hydrogen-bond acceptors (Lipinski definition) is 6. The summed E-state index contributed by atoms with van der Waals surface area (Å²) in [6, 6.07) is 0.0735. The molecule has 2 aliphatic rings. The van der Waals surface area contributed by atoms with E-state index in [1.807, 2.05) is 6.92 Å². The molecule has 1 aliphatic carbocycles. The number of rotatable bonds is 3. The van der Waals surface area contributed by atoms with E-state index in [-0.39, 0.29) is 23.8 Å². The van der Waals surface area contributed by atoms with E-state index in [4.69, 9.17) is 15.0 Å². The smallest absolute Gasteiger partial charge is 0.292 e. The third kappa shape index (κ3) is 1.89. The second-order valence-electron chi connectivity index (χ2n) is 5.21. The Balaban J connectivity index is 1.78. The Hall–Kier alpha value is -1.47. The van der Waals surface area contributed by atoms with Crippen LogP contribution < -0.4 is 11.1 Å². The van der Waals surface area contributed by atoms with E-state index in [9.17, 15) is 4.79 Å². The first-order valence-electron chi connectivity index (χ1n) is 6.08. The predicted molar refractivity (Wildman–Crippen MR) is 60.9 cm³/mol. The van der Waals surface area contributed by atoms with Crippen molar-refractivity contribution in [3.8, 4) is 0 Å². The maximum absolute atomic E-state index is 11.8. The molecule has 1 aliphatic heterocycles. The van der Waals surface area contributed by atoms with Crippen LogP contribution in [0.1, 0.15) is 36.3 Å². The molecule has 1 amide bonds. The maximum Gasteiger partial charge on any atom is 0.292 e. The summed E-state index contributed by atoms with van der Waals surface area (Å²) in [5, 5.41) is 6.52. The lowest BCUT2D eigenvalue weighted by molar-refractivity contribution is 0.0937. The summed E-state index contributed by atoms with van der Waals surface area (Å²) < 4.78 is 10.5. The Labute approximate surface area is 104 Å². The summed E-state index contributed by atoms with van der Waals surface area (Å²) in [5.41, 5.74) is 5.46. The van der Waals surface area contributed by atoms with Crippen LogP contribution in [0, 0.1) is 0 Å². The Morgan fingerprint density at radius 2 is 2.33 bits per heavy atom. The average molecular weight is 252 g/mol. The van der Waals surface area contributed by atoms with Gasteiger partial charge in [0.15, 0.2) is 0 Å². The van der Waals surface area contributed by atoms with E-state index in [0.717, 1.165) is 12.8 Å². The molecule has 2 fully saturated rings. The Morgan fingerprint density at radius 1 is 1.56 bits per heavy atom. The van der Waals surface area contributed by atoms with Gasteiger partial charge in [-0.15, -0.1) is 0 Å². The highest BCUT2D eigenvalue weighted by Crippen LogP contribution is 2.30. The van der Waals surface area contributed by atoms with Gasteiger partial charge in [-0.3, -0.25) is 4.79 Å². The van der Waals surface area contributed by atoms with Gasteiger partial charge in [-0.05, 0) is 19.8 Å². The number of amides is 1. The zero-order valence-corrected chi connectivity index (χ0v) is 10.2. The Bertz CT molecular complexity index is 471. The number of carbonyl (C=O) groups excluding carboxylic acids is 1. The molecular weight excluding hydrogens is 236 g/mol. The average Bonchev–Trinajstić information content (AvgIpc) is 2.90. The van der Waals surface area contributed by atoms with E-state index in [1.165, 1.54) is 0 Å². The molecule has 2 heterocycles. The van der Waals surface area contributed by atoms with Crippen molar-refractivity contribution in [1.29, 1.82) is 0 Å². The van der Waals surface area contributed by atoms with E-state index in [2.05, 4.69) is 15.5 Å². The quantitative estimate of drug-likeness (QED) is 0.757. The number of nitrogens with zero attached hydrogens (tertiary/aromatic N) is 2. The summed E-state index contributed by atoms with van der Waals surface area (Å²) in [6.07, 6.45) is 2.04. The first-order valence-corrected chi connectivity index (χ1v) is 6.08. The number of nitrogens with one attached hydrogen (secondary N) is 1. The van der Waals surface area contributed by atoms with Crippen molar-refractivity contribution in [2.24, 2.45) is 5.73 Å². The van der Waals surface area contributed by atoms with Gasteiger partial charge in [0.1, 0.15) is 0 Å². The van der Waals surface area contributed by atoms with Crippen LogP contribution in [0.3, 0.4) is 0 Å². The molecule has 7 heteroatoms. The van der Waals surface area contributed by atoms with Gasteiger partial charge in [-0.25, -0.2) is 0 Å². The van der Waals surface area contributed by atoms with E-state index >= 15 is 0 Å². The van der Waals surface area contributed by atoms with Gasteiger partial charge in [0.2, 0.25) is 5.89 Å². The van der Waals surface area contributed by atoms with Crippen LogP contribution >= 0.6 is 0 Å². The minimum atomic E-state index is -0.509. The maximum atomic E-state index is 11.8. The van der Waals surface area contributed by atoms with Crippen molar-refractivity contribution in [2.75, 3.05) is 13.2 Å². The minimum Gasteiger partial charge on any atom is -0.379 e. The first-order chi connectivity index (χ1) is 8.59. The first kappa shape index (κ1) is 11.6. The number of carbonyl (C=O) groups is 1. The molecule has 1 aromatic heterocycles. The van der Waals surface area contributed by atoms with Gasteiger partial charge in [0.25, 0.3) is 11.7 Å². The number of nitrogens with two attached hydrogens (primary N) is 1. The summed E-state index contributed by atoms with van der Waals surface area (Å²) >= 11 is 0. The minimum absolute atomic E-state index is 0.0669. The zero-order chi connectivity index (χ0) is 12.8. The van der Waals surface area contributed by atoms with Crippen LogP contribution in [0.5, 0.6) is 0 Å². The summed E-state index contributed by atoms with van der Waals surface area (Å²) in [4.78, 5) is 15.9. The highest BCUT2D eigenvalue weighted by atomic mass is 16.5. The van der Waals surface area contributed by atoms with Gasteiger partial charge in [-0.1, -0.05) is 5.16 Å². The normalized spacial score (nSPS) is 31.6. The van der Waals surface area contributed by atoms with Crippen molar-refractivity contribution in [3.63, 3.8) is 0 Å². The highest BCUT2D eigenvalue weighted by molar-refractivity contribution is 5.90. The highest BCUT2D eigenvalue weighted by Gasteiger charge is 2.44. The lowest BCUT2D eigenvalue weighted by Gasteiger charge is -2.21. The molecule has 3 rings (SSSR count). The SMILES string of the molecule is CC1(c2nc(C(=O)NC3CC3)no2)COCC1N. The zero-order valence-electron chi connectivity index (χ0n) is 10.2. The number of ether oxygens (including phenoxy) is 1. The topological polar surface area (TPSA) is 103 Å². The summed E-state index contributed by atoms with van der Waals surface area (Å²) in [6.45, 7) is 2.79. The van der Waals surface area contributed by atoms with Crippen LogP contribution in [0.2, 0.25) is 0 Å². The van der Waals surface area contributed by atoms with Crippen molar-refractivity contribution in [3.05, 3.63) is 11.7 Å². The Kier molecular flexibility index (Phi) is 2.60. The summed E-state index contributed by atoms with van der Waals surface area (Å²) in [7, 11) is 0. The molecule has 2 atom stereocenters. The van der Waals surface area contributed by atoms with Crippen LogP contribution in [0.15, 0.2) is 4.52 Å². The van der Waals surface area contributed by atoms with Crippen molar-refractivity contribution in [2.45, 2.75) is 37.3 Å². The molecule has 0 aromatic carbocycles. The lowest BCUT2D eigenvalue weighted by Crippen LogP contribution is -2.42. The van der Waals surface area contributed by atoms with E-state index < -0.39 is 5.41 Å². The molecule has 7 nitrogen and oxygen atoms in total. The van der Waals surface area contributed by atoms with E-state index in [1.54, 1.807) is 0 Å². The number of hydrogen-bond donors (Lipinski definition) is 2. The van der Waals surface area contributed by atoms with Crippen molar-refractivity contribution in [1.82, 2.24) is 15.5 Å². The largest absolute Gasteiger partial charge is 0.379 e. The van der Waals surface area contributed by atoms with Gasteiger partial charge in [-0.2, -0.15) is 4.98 Å². The van der Waals surface area contributed by atoms with Gasteiger partial charge in [0.05, 0.1) is 18.6 Å². The van der Waals surface area contributed by atoms with Gasteiger partial charge in [0, 0.05) is 12.1 Å². The fourth-order valence-corrected chi connectivity index (χ4v) is 1.93. The van der Waals surface area contributed by atoms with Crippen LogP contribution in [-0.4, -0.2) is 41.3 Å². The standard InChI is InChI=1S/C11H16N4O3/c1-11(5-17-4-7(11)12)10-14-8(15-18-10)9(16)13-6-2-3-6/h6-7H,2-5,12H2,1H3,(H,13,16). The molecule has 1 saturated heterocycles. The van der Waals surface area contributed by atoms with E-state index in [0.29, 0.717) is 19.1 Å². The van der Waals surface area contributed by atoms with Crippen molar-refractivity contribution >= 4 is 5.91 Å². The second kappa shape index (κ2) is 4.03. The molecular formula is C11H16N4O3. The Morgan fingerprint density at radius 3 is 2.94 bits per heavy atom. The molecule has 0 spiro atoms. The molecule has 1 saturated carbocycles. The fraction of sp³-hybridized carbons (Fsp3) is 0.727. The molecule has 1 aromatic rings. The van der Waals surface area contributed by atoms with Gasteiger partial charge < -0.3 is 20.3 Å². The van der Waals surface area contributed by atoms with Crippen molar-refractivity contribution < 1.29 is 14.1 Å².